The van der Waals surface area contributed by atoms with Crippen LogP contribution in [0.3, 0.4) is 0 Å². The molecule has 0 saturated carbocycles. The summed E-state index contributed by atoms with van der Waals surface area (Å²) < 4.78 is 13.0. The number of nitrogens with one attached hydrogen (secondary N) is 1. The summed E-state index contributed by atoms with van der Waals surface area (Å²) in [7, 11) is 0. The fraction of sp³-hybridized carbons (Fsp3) is 0.467. The number of amides is 2. The molecule has 1 unspecified atom stereocenters. The molecule has 2 amide bonds. The molecule has 0 bridgehead atoms. The Labute approximate surface area is 122 Å². The van der Waals surface area contributed by atoms with E-state index in [0.717, 1.165) is 11.1 Å². The molecule has 1 saturated heterocycles. The number of rotatable bonds is 4. The molecule has 1 aliphatic rings. The first kappa shape index (κ1) is 15.3. The van der Waals surface area contributed by atoms with Crippen molar-refractivity contribution in [2.24, 2.45) is 0 Å². The predicted octanol–water partition coefficient (Wildman–Crippen LogP) is 1.94. The van der Waals surface area contributed by atoms with Crippen molar-refractivity contribution in [3.8, 4) is 0 Å². The van der Waals surface area contributed by atoms with Gasteiger partial charge in [0.05, 0.1) is 0 Å². The molecular formula is C15H19FN2O3. The third-order valence-electron chi connectivity index (χ3n) is 3.77. The number of likely N-dealkylation sites (tertiary alicyclic amines) is 1. The summed E-state index contributed by atoms with van der Waals surface area (Å²) in [4.78, 5) is 24.4. The topological polar surface area (TPSA) is 69.6 Å². The Balaban J connectivity index is 1.85. The number of carbonyl (C=O) groups excluding carboxylic acids is 1. The maximum atomic E-state index is 13.0. The first-order valence-corrected chi connectivity index (χ1v) is 7.01. The minimum Gasteiger partial charge on any atom is -0.480 e. The van der Waals surface area contributed by atoms with Crippen molar-refractivity contribution in [2.45, 2.75) is 32.2 Å². The lowest BCUT2D eigenvalue weighted by Crippen LogP contribution is -2.46. The highest BCUT2D eigenvalue weighted by Gasteiger charge is 2.33. The summed E-state index contributed by atoms with van der Waals surface area (Å²) in [5.74, 6) is -1.24. The first-order chi connectivity index (χ1) is 9.99. The van der Waals surface area contributed by atoms with Crippen LogP contribution in [-0.2, 0) is 11.2 Å². The van der Waals surface area contributed by atoms with Crippen LogP contribution in [0.15, 0.2) is 18.2 Å². The molecule has 0 spiro atoms. The molecule has 6 heteroatoms. The highest BCUT2D eigenvalue weighted by Crippen LogP contribution is 2.17. The van der Waals surface area contributed by atoms with E-state index in [9.17, 15) is 14.0 Å². The largest absolute Gasteiger partial charge is 0.480 e. The number of hydrogen-bond acceptors (Lipinski definition) is 2. The van der Waals surface area contributed by atoms with Crippen LogP contribution in [0.2, 0.25) is 0 Å². The minimum absolute atomic E-state index is 0.276. The van der Waals surface area contributed by atoms with E-state index in [1.165, 1.54) is 17.0 Å². The molecule has 1 fully saturated rings. The molecule has 1 aliphatic heterocycles. The van der Waals surface area contributed by atoms with Gasteiger partial charge in [-0.1, -0.05) is 6.07 Å². The third kappa shape index (κ3) is 3.71. The van der Waals surface area contributed by atoms with Gasteiger partial charge >= 0.3 is 12.0 Å². The molecule has 21 heavy (non-hydrogen) atoms. The smallest absolute Gasteiger partial charge is 0.326 e. The second-order valence-corrected chi connectivity index (χ2v) is 5.24. The molecule has 1 atom stereocenters. The van der Waals surface area contributed by atoms with Crippen LogP contribution in [0.4, 0.5) is 9.18 Å². The van der Waals surface area contributed by atoms with Gasteiger partial charge in [0, 0.05) is 13.1 Å². The van der Waals surface area contributed by atoms with E-state index in [4.69, 9.17) is 5.11 Å². The average molecular weight is 294 g/mol. The molecule has 1 heterocycles. The van der Waals surface area contributed by atoms with Gasteiger partial charge in [-0.2, -0.15) is 0 Å². The Morgan fingerprint density at radius 2 is 2.24 bits per heavy atom. The summed E-state index contributed by atoms with van der Waals surface area (Å²) in [5, 5.41) is 11.8. The Morgan fingerprint density at radius 3 is 2.90 bits per heavy atom. The summed E-state index contributed by atoms with van der Waals surface area (Å²) in [5.41, 5.74) is 1.81. The van der Waals surface area contributed by atoms with Gasteiger partial charge in [-0.3, -0.25) is 0 Å². The second-order valence-electron chi connectivity index (χ2n) is 5.24. The molecule has 1 aromatic rings. The van der Waals surface area contributed by atoms with E-state index >= 15 is 0 Å². The average Bonchev–Trinajstić information content (AvgIpc) is 2.90. The molecule has 2 rings (SSSR count). The lowest BCUT2D eigenvalue weighted by atomic mass is 10.1. The molecule has 0 radical (unpaired) electrons. The number of nitrogens with zero attached hydrogens (tertiary/aromatic N) is 1. The van der Waals surface area contributed by atoms with Crippen molar-refractivity contribution in [1.29, 1.82) is 0 Å². The summed E-state index contributed by atoms with van der Waals surface area (Å²) in [6.45, 7) is 2.69. The van der Waals surface area contributed by atoms with E-state index in [-0.39, 0.29) is 11.8 Å². The van der Waals surface area contributed by atoms with Crippen LogP contribution in [0.25, 0.3) is 0 Å². The van der Waals surface area contributed by atoms with E-state index in [1.54, 1.807) is 6.07 Å². The van der Waals surface area contributed by atoms with Crippen LogP contribution in [0.1, 0.15) is 24.0 Å². The number of halogens is 1. The maximum Gasteiger partial charge on any atom is 0.326 e. The van der Waals surface area contributed by atoms with Gasteiger partial charge in [0.15, 0.2) is 0 Å². The lowest BCUT2D eigenvalue weighted by molar-refractivity contribution is -0.141. The highest BCUT2D eigenvalue weighted by atomic mass is 19.1. The normalized spacial score (nSPS) is 17.8. The third-order valence-corrected chi connectivity index (χ3v) is 3.77. The molecule has 0 aliphatic carbocycles. The quantitative estimate of drug-likeness (QED) is 0.891. The van der Waals surface area contributed by atoms with Crippen LogP contribution >= 0.6 is 0 Å². The number of hydrogen-bond donors (Lipinski definition) is 2. The predicted molar refractivity (Wildman–Crippen MR) is 75.6 cm³/mol. The van der Waals surface area contributed by atoms with Gasteiger partial charge < -0.3 is 15.3 Å². The van der Waals surface area contributed by atoms with Crippen LogP contribution in [0, 0.1) is 12.7 Å². The van der Waals surface area contributed by atoms with Crippen LogP contribution in [0.5, 0.6) is 0 Å². The van der Waals surface area contributed by atoms with Crippen LogP contribution in [-0.4, -0.2) is 41.1 Å². The number of carboxylic acids is 1. The SMILES string of the molecule is Cc1cc(F)ccc1CCNC(=O)N1CCCC1C(=O)O. The summed E-state index contributed by atoms with van der Waals surface area (Å²) in [6.07, 6.45) is 1.80. The van der Waals surface area contributed by atoms with Crippen molar-refractivity contribution >= 4 is 12.0 Å². The van der Waals surface area contributed by atoms with Gasteiger partial charge in [0.25, 0.3) is 0 Å². The molecule has 114 valence electrons. The number of aliphatic carboxylic acids is 1. The Morgan fingerprint density at radius 1 is 1.48 bits per heavy atom. The summed E-state index contributed by atoms with van der Waals surface area (Å²) in [6, 6.07) is 3.48. The Hall–Kier alpha value is -2.11. The zero-order valence-electron chi connectivity index (χ0n) is 11.9. The number of aryl methyl sites for hydroxylation is 1. The lowest BCUT2D eigenvalue weighted by Gasteiger charge is -2.21. The molecule has 0 aromatic heterocycles. The first-order valence-electron chi connectivity index (χ1n) is 7.01. The monoisotopic (exact) mass is 294 g/mol. The fourth-order valence-electron chi connectivity index (χ4n) is 2.61. The zero-order chi connectivity index (χ0) is 15.4. The van der Waals surface area contributed by atoms with Crippen molar-refractivity contribution < 1.29 is 19.1 Å². The van der Waals surface area contributed by atoms with E-state index in [0.29, 0.717) is 32.4 Å². The van der Waals surface area contributed by atoms with E-state index in [2.05, 4.69) is 5.32 Å². The number of carboxylic acid groups (broad SMARTS) is 1. The standard InChI is InChI=1S/C15H19FN2O3/c1-10-9-12(16)5-4-11(10)6-7-17-15(21)18-8-2-3-13(18)14(19)20/h4-5,9,13H,2-3,6-8H2,1H3,(H,17,21)(H,19,20). The van der Waals surface area contributed by atoms with Gasteiger partial charge in [0.2, 0.25) is 0 Å². The molecule has 1 aromatic carbocycles. The maximum absolute atomic E-state index is 13.0. The molecule has 2 N–H and O–H groups in total. The van der Waals surface area contributed by atoms with Gasteiger partial charge in [-0.05, 0) is 49.4 Å². The van der Waals surface area contributed by atoms with Crippen molar-refractivity contribution in [2.75, 3.05) is 13.1 Å². The highest BCUT2D eigenvalue weighted by molar-refractivity contribution is 5.83. The van der Waals surface area contributed by atoms with Crippen LogP contribution < -0.4 is 5.32 Å². The van der Waals surface area contributed by atoms with E-state index in [1.807, 2.05) is 6.92 Å². The number of carbonyl (C=O) groups is 2. The van der Waals surface area contributed by atoms with Crippen molar-refractivity contribution in [1.82, 2.24) is 10.2 Å². The van der Waals surface area contributed by atoms with Crippen molar-refractivity contribution in [3.05, 3.63) is 35.1 Å². The number of benzene rings is 1. The van der Waals surface area contributed by atoms with Gasteiger partial charge in [0.1, 0.15) is 11.9 Å². The Bertz CT molecular complexity index is 548. The molecule has 5 nitrogen and oxygen atoms in total. The fourth-order valence-corrected chi connectivity index (χ4v) is 2.61. The van der Waals surface area contributed by atoms with Gasteiger partial charge in [-0.15, -0.1) is 0 Å². The minimum atomic E-state index is -0.961. The van der Waals surface area contributed by atoms with Crippen molar-refractivity contribution in [3.63, 3.8) is 0 Å². The van der Waals surface area contributed by atoms with E-state index < -0.39 is 12.0 Å². The molecular weight excluding hydrogens is 275 g/mol. The number of urea groups is 1. The Kier molecular flexibility index (Phi) is 4.77. The zero-order valence-corrected chi connectivity index (χ0v) is 11.9. The van der Waals surface area contributed by atoms with Gasteiger partial charge in [-0.25, -0.2) is 14.0 Å². The summed E-state index contributed by atoms with van der Waals surface area (Å²) >= 11 is 0. The second kappa shape index (κ2) is 6.56.